The molecule has 0 aliphatic carbocycles. The van der Waals surface area contributed by atoms with Gasteiger partial charge in [-0.05, 0) is 55.9 Å². The molecular formula is C22H31N5. The second-order valence-corrected chi connectivity index (χ2v) is 6.93. The number of anilines is 1. The Kier molecular flexibility index (Phi) is 7.51. The lowest BCUT2D eigenvalue weighted by Gasteiger charge is -2.16. The lowest BCUT2D eigenvalue weighted by molar-refractivity contribution is 0.743. The predicted molar refractivity (Wildman–Crippen MR) is 113 cm³/mol. The summed E-state index contributed by atoms with van der Waals surface area (Å²) >= 11 is 0. The van der Waals surface area contributed by atoms with Crippen LogP contribution in [0.4, 0.5) is 5.82 Å². The third kappa shape index (κ3) is 6.27. The second kappa shape index (κ2) is 10.6. The van der Waals surface area contributed by atoms with Gasteiger partial charge in [-0.2, -0.15) is 0 Å². The SMILES string of the molecule is CCNC(=NCc1ccnc(N2CCCC2)c1)NCCCc1ccccc1. The van der Waals surface area contributed by atoms with Crippen molar-refractivity contribution < 1.29 is 0 Å². The maximum atomic E-state index is 4.74. The molecule has 0 bridgehead atoms. The van der Waals surface area contributed by atoms with E-state index in [1.165, 1.54) is 24.0 Å². The standard InChI is InChI=1S/C22H31N5/c1-2-23-22(25-13-8-11-19-9-4-3-5-10-19)26-18-20-12-14-24-21(17-20)27-15-6-7-16-27/h3-5,9-10,12,14,17H,2,6-8,11,13,15-16,18H2,1H3,(H2,23,25,26). The summed E-state index contributed by atoms with van der Waals surface area (Å²) in [4.78, 5) is 11.6. The molecule has 2 aromatic rings. The summed E-state index contributed by atoms with van der Waals surface area (Å²) < 4.78 is 0. The molecule has 0 atom stereocenters. The molecule has 0 saturated carbocycles. The quantitative estimate of drug-likeness (QED) is 0.428. The highest BCUT2D eigenvalue weighted by Gasteiger charge is 2.13. The number of guanidine groups is 1. The minimum Gasteiger partial charge on any atom is -0.357 e. The Bertz CT molecular complexity index is 708. The maximum Gasteiger partial charge on any atom is 0.191 e. The number of rotatable bonds is 8. The van der Waals surface area contributed by atoms with Gasteiger partial charge in [0.25, 0.3) is 0 Å². The van der Waals surface area contributed by atoms with Gasteiger partial charge in [-0.25, -0.2) is 9.98 Å². The van der Waals surface area contributed by atoms with Crippen LogP contribution in [0.3, 0.4) is 0 Å². The normalized spacial score (nSPS) is 14.4. The van der Waals surface area contributed by atoms with Crippen LogP contribution in [-0.4, -0.2) is 37.1 Å². The van der Waals surface area contributed by atoms with E-state index >= 15 is 0 Å². The lowest BCUT2D eigenvalue weighted by Crippen LogP contribution is -2.37. The van der Waals surface area contributed by atoms with Gasteiger partial charge in [0, 0.05) is 32.4 Å². The van der Waals surface area contributed by atoms with Gasteiger partial charge in [-0.3, -0.25) is 0 Å². The maximum absolute atomic E-state index is 4.74. The minimum absolute atomic E-state index is 0.664. The molecule has 1 aliphatic heterocycles. The number of aryl methyl sites for hydroxylation is 1. The molecule has 5 nitrogen and oxygen atoms in total. The smallest absolute Gasteiger partial charge is 0.191 e. The van der Waals surface area contributed by atoms with Crippen molar-refractivity contribution in [2.24, 2.45) is 4.99 Å². The summed E-state index contributed by atoms with van der Waals surface area (Å²) in [5.74, 6) is 1.96. The molecule has 27 heavy (non-hydrogen) atoms. The number of pyridine rings is 1. The van der Waals surface area contributed by atoms with E-state index in [9.17, 15) is 0 Å². The second-order valence-electron chi connectivity index (χ2n) is 6.93. The molecule has 1 fully saturated rings. The molecule has 5 heteroatoms. The third-order valence-corrected chi connectivity index (χ3v) is 4.78. The molecule has 3 rings (SSSR count). The summed E-state index contributed by atoms with van der Waals surface area (Å²) in [6, 6.07) is 14.8. The van der Waals surface area contributed by atoms with E-state index in [2.05, 4.69) is 69.9 Å². The van der Waals surface area contributed by atoms with Gasteiger partial charge < -0.3 is 15.5 Å². The van der Waals surface area contributed by atoms with Crippen LogP contribution in [0.15, 0.2) is 53.7 Å². The van der Waals surface area contributed by atoms with Crippen molar-refractivity contribution in [3.8, 4) is 0 Å². The Hall–Kier alpha value is -2.56. The lowest BCUT2D eigenvalue weighted by atomic mass is 10.1. The zero-order valence-electron chi connectivity index (χ0n) is 16.3. The zero-order valence-corrected chi connectivity index (χ0v) is 16.3. The van der Waals surface area contributed by atoms with Crippen molar-refractivity contribution in [3.63, 3.8) is 0 Å². The van der Waals surface area contributed by atoms with Gasteiger partial charge in [0.2, 0.25) is 0 Å². The Balaban J connectivity index is 1.50. The first-order valence-electron chi connectivity index (χ1n) is 10.1. The average molecular weight is 366 g/mol. The average Bonchev–Trinajstić information content (AvgIpc) is 3.25. The molecule has 2 N–H and O–H groups in total. The first kappa shape index (κ1) is 19.2. The first-order valence-corrected chi connectivity index (χ1v) is 10.1. The molecule has 0 spiro atoms. The van der Waals surface area contributed by atoms with Crippen LogP contribution >= 0.6 is 0 Å². The Morgan fingerprint density at radius 1 is 1.07 bits per heavy atom. The summed E-state index contributed by atoms with van der Waals surface area (Å²) in [6.07, 6.45) is 6.60. The van der Waals surface area contributed by atoms with Crippen LogP contribution in [0.2, 0.25) is 0 Å². The number of hydrogen-bond donors (Lipinski definition) is 2. The fraction of sp³-hybridized carbons (Fsp3) is 0.455. The molecule has 144 valence electrons. The first-order chi connectivity index (χ1) is 13.3. The van der Waals surface area contributed by atoms with E-state index in [4.69, 9.17) is 4.99 Å². The molecule has 0 radical (unpaired) electrons. The van der Waals surface area contributed by atoms with E-state index in [1.54, 1.807) is 0 Å². The van der Waals surface area contributed by atoms with Crippen LogP contribution in [0.5, 0.6) is 0 Å². The van der Waals surface area contributed by atoms with Crippen molar-refractivity contribution in [2.75, 3.05) is 31.1 Å². The van der Waals surface area contributed by atoms with Crippen molar-refractivity contribution in [3.05, 3.63) is 59.8 Å². The van der Waals surface area contributed by atoms with Gasteiger partial charge in [-0.1, -0.05) is 30.3 Å². The Labute approximate surface area is 162 Å². The van der Waals surface area contributed by atoms with E-state index in [0.29, 0.717) is 6.54 Å². The van der Waals surface area contributed by atoms with Crippen LogP contribution in [-0.2, 0) is 13.0 Å². The molecule has 0 unspecified atom stereocenters. The number of aliphatic imine (C=N–C) groups is 1. The highest BCUT2D eigenvalue weighted by Crippen LogP contribution is 2.18. The van der Waals surface area contributed by atoms with E-state index in [-0.39, 0.29) is 0 Å². The fourth-order valence-electron chi connectivity index (χ4n) is 3.33. The van der Waals surface area contributed by atoms with Gasteiger partial charge >= 0.3 is 0 Å². The van der Waals surface area contributed by atoms with Gasteiger partial charge in [0.05, 0.1) is 6.54 Å². The predicted octanol–water partition coefficient (Wildman–Crippen LogP) is 3.37. The fourth-order valence-corrected chi connectivity index (χ4v) is 3.33. The van der Waals surface area contributed by atoms with E-state index < -0.39 is 0 Å². The number of hydrogen-bond acceptors (Lipinski definition) is 3. The van der Waals surface area contributed by atoms with Gasteiger partial charge in [-0.15, -0.1) is 0 Å². The molecule has 1 saturated heterocycles. The zero-order chi connectivity index (χ0) is 18.7. The largest absolute Gasteiger partial charge is 0.357 e. The summed E-state index contributed by atoms with van der Waals surface area (Å²) in [7, 11) is 0. The van der Waals surface area contributed by atoms with Crippen molar-refractivity contribution in [2.45, 2.75) is 39.2 Å². The van der Waals surface area contributed by atoms with Crippen molar-refractivity contribution in [1.82, 2.24) is 15.6 Å². The summed E-state index contributed by atoms with van der Waals surface area (Å²) in [5.41, 5.74) is 2.58. The van der Waals surface area contributed by atoms with Crippen LogP contribution in [0.25, 0.3) is 0 Å². The third-order valence-electron chi connectivity index (χ3n) is 4.78. The Morgan fingerprint density at radius 2 is 1.89 bits per heavy atom. The topological polar surface area (TPSA) is 52.6 Å². The minimum atomic E-state index is 0.664. The van der Waals surface area contributed by atoms with Crippen LogP contribution in [0, 0.1) is 0 Å². The molecule has 1 aromatic heterocycles. The monoisotopic (exact) mass is 365 g/mol. The highest BCUT2D eigenvalue weighted by molar-refractivity contribution is 5.79. The van der Waals surface area contributed by atoms with Crippen molar-refractivity contribution >= 4 is 11.8 Å². The molecule has 1 aliphatic rings. The Morgan fingerprint density at radius 3 is 2.67 bits per heavy atom. The number of aromatic nitrogens is 1. The van der Waals surface area contributed by atoms with Crippen LogP contribution < -0.4 is 15.5 Å². The number of benzene rings is 1. The van der Waals surface area contributed by atoms with Crippen molar-refractivity contribution in [1.29, 1.82) is 0 Å². The van der Waals surface area contributed by atoms with Gasteiger partial charge in [0.15, 0.2) is 5.96 Å². The molecular weight excluding hydrogens is 334 g/mol. The molecule has 0 amide bonds. The highest BCUT2D eigenvalue weighted by atomic mass is 15.2. The number of nitrogens with one attached hydrogen (secondary N) is 2. The molecule has 1 aromatic carbocycles. The van der Waals surface area contributed by atoms with E-state index in [0.717, 1.165) is 50.8 Å². The summed E-state index contributed by atoms with van der Waals surface area (Å²) in [5, 5.41) is 6.78. The molecule has 2 heterocycles. The van der Waals surface area contributed by atoms with Crippen LogP contribution in [0.1, 0.15) is 37.3 Å². The van der Waals surface area contributed by atoms with E-state index in [1.807, 2.05) is 6.20 Å². The van der Waals surface area contributed by atoms with Gasteiger partial charge in [0.1, 0.15) is 5.82 Å². The number of nitrogens with zero attached hydrogens (tertiary/aromatic N) is 3. The summed E-state index contributed by atoms with van der Waals surface area (Å²) in [6.45, 7) is 6.77.